The summed E-state index contributed by atoms with van der Waals surface area (Å²) in [5.74, 6) is -1.33. The summed E-state index contributed by atoms with van der Waals surface area (Å²) in [4.78, 5) is 50.6. The number of Topliss-reactive ketones (excluding diaryl/α,β-unsaturated/α-hetero) is 2. The van der Waals surface area contributed by atoms with Gasteiger partial charge in [-0.15, -0.1) is 0 Å². The first-order valence-electron chi connectivity index (χ1n) is 20.1. The number of rotatable bonds is 5. The Labute approximate surface area is 353 Å². The number of benzene rings is 3. The number of allylic oxidation sites excluding steroid dienone is 3. The van der Waals surface area contributed by atoms with Crippen LogP contribution in [0.5, 0.6) is 5.75 Å². The maximum atomic E-state index is 14.5. The molecule has 1 saturated carbocycles. The molecule has 1 aromatic heterocycles. The van der Waals surface area contributed by atoms with E-state index in [0.29, 0.717) is 63.8 Å². The standard InChI is InChI=1S/C45H40ClF3N8O4/c1-22-10-16-29(45(47,48)49)28(18-22)41-39-33(53-43(56-41)57-44-54-30-6-3-4-9-37(30)61-44)20-26(21-36(39)60)25-13-17-34(58)32(19-25)50-23(2)51-42-52-31-7-5-8-35(59)38(31)40(55-42)24-11-14-27(46)15-12-24/h3-4,6,9,11-19,22,26,39-41,58H,5,7-8,10,20-21H2,1-2H3,(H,54,56,57)(H2,50,51,52,55). The zero-order valence-electron chi connectivity index (χ0n) is 33.1. The van der Waals surface area contributed by atoms with E-state index in [9.17, 15) is 27.9 Å². The number of oxazole rings is 1. The average Bonchev–Trinajstić information content (AvgIpc) is 3.63. The van der Waals surface area contributed by atoms with E-state index in [1.54, 1.807) is 61.5 Å². The largest absolute Gasteiger partial charge is 0.506 e. The van der Waals surface area contributed by atoms with Crippen molar-refractivity contribution in [2.45, 2.75) is 76.6 Å². The number of ketones is 2. The van der Waals surface area contributed by atoms with Crippen LogP contribution in [-0.2, 0) is 9.59 Å². The number of nitrogens with zero attached hydrogens (tertiary/aromatic N) is 5. The lowest BCUT2D eigenvalue weighted by Gasteiger charge is -2.37. The zero-order chi connectivity index (χ0) is 42.6. The lowest BCUT2D eigenvalue weighted by molar-refractivity contribution is -0.122. The quantitative estimate of drug-likeness (QED) is 0.0876. The van der Waals surface area contributed by atoms with Gasteiger partial charge in [-0.3, -0.25) is 14.9 Å². The van der Waals surface area contributed by atoms with Crippen molar-refractivity contribution in [2.24, 2.45) is 31.8 Å². The maximum Gasteiger partial charge on any atom is 0.416 e. The first kappa shape index (κ1) is 40.1. The minimum absolute atomic E-state index is 0.0117. The normalized spacial score (nSPS) is 24.5. The number of para-hydroxylation sites is 2. The van der Waals surface area contributed by atoms with E-state index in [1.165, 1.54) is 12.1 Å². The van der Waals surface area contributed by atoms with Gasteiger partial charge in [-0.2, -0.15) is 18.2 Å². The van der Waals surface area contributed by atoms with E-state index >= 15 is 0 Å². The van der Waals surface area contributed by atoms with Gasteiger partial charge in [0.05, 0.1) is 23.2 Å². The number of amidine groups is 1. The number of nitrogens with one attached hydrogen (secondary N) is 3. The van der Waals surface area contributed by atoms with Crippen molar-refractivity contribution in [3.05, 3.63) is 117 Å². The minimum Gasteiger partial charge on any atom is -0.506 e. The fourth-order valence-corrected chi connectivity index (χ4v) is 8.86. The maximum absolute atomic E-state index is 14.5. The SMILES string of the molecule is CC(=NC1=NC(c2ccc(Cl)cc2)C2=C(CCCC2=O)N1)Nc1cc(C2CC(=O)C3C(=NC(Nc4nc5ccccc5o4)=NC3C3=CC(C)CC=C3C(F)(F)F)C2)ccc1O. The second kappa shape index (κ2) is 15.9. The molecule has 3 heterocycles. The first-order valence-corrected chi connectivity index (χ1v) is 20.5. The number of phenolic OH excluding ortho intramolecular Hbond substituents is 1. The number of carbonyl (C=O) groups is 2. The molecule has 3 aromatic carbocycles. The van der Waals surface area contributed by atoms with Crippen molar-refractivity contribution < 1.29 is 32.3 Å². The Morgan fingerprint density at radius 3 is 2.59 bits per heavy atom. The molecule has 5 unspecified atom stereocenters. The molecule has 12 nitrogen and oxygen atoms in total. The molecule has 5 aliphatic rings. The number of fused-ring (bicyclic) bond motifs is 2. The molecule has 9 rings (SSSR count). The van der Waals surface area contributed by atoms with Crippen LogP contribution in [0.15, 0.2) is 126 Å². The van der Waals surface area contributed by atoms with Crippen molar-refractivity contribution in [1.82, 2.24) is 10.3 Å². The highest BCUT2D eigenvalue weighted by atomic mass is 35.5. The molecule has 0 radical (unpaired) electrons. The predicted molar refractivity (Wildman–Crippen MR) is 228 cm³/mol. The summed E-state index contributed by atoms with van der Waals surface area (Å²) >= 11 is 6.15. The number of carbonyl (C=O) groups excluding carboxylic acids is 2. The molecule has 0 bridgehead atoms. The summed E-state index contributed by atoms with van der Waals surface area (Å²) in [6.07, 6.45) is 0.350. The molecule has 4 N–H and O–H groups in total. The highest BCUT2D eigenvalue weighted by Crippen LogP contribution is 2.45. The molecule has 16 heteroatoms. The molecule has 3 aliphatic carbocycles. The minimum atomic E-state index is -4.66. The van der Waals surface area contributed by atoms with E-state index in [1.807, 2.05) is 19.1 Å². The van der Waals surface area contributed by atoms with Gasteiger partial charge >= 0.3 is 12.2 Å². The number of hydrogen-bond acceptors (Lipinski definition) is 11. The second-order valence-electron chi connectivity index (χ2n) is 15.9. The summed E-state index contributed by atoms with van der Waals surface area (Å²) in [7, 11) is 0. The number of guanidine groups is 2. The fraction of sp³-hybridized carbons (Fsp3) is 0.311. The van der Waals surface area contributed by atoms with Crippen LogP contribution in [0.25, 0.3) is 11.1 Å². The smallest absolute Gasteiger partial charge is 0.416 e. The van der Waals surface area contributed by atoms with Crippen LogP contribution in [0.2, 0.25) is 5.02 Å². The van der Waals surface area contributed by atoms with Gasteiger partial charge in [0, 0.05) is 34.8 Å². The van der Waals surface area contributed by atoms with Gasteiger partial charge in [0.15, 0.2) is 11.4 Å². The van der Waals surface area contributed by atoms with E-state index in [0.717, 1.165) is 11.3 Å². The molecule has 312 valence electrons. The van der Waals surface area contributed by atoms with Crippen LogP contribution in [0, 0.1) is 11.8 Å². The number of aliphatic imine (C=N–C) groups is 4. The lowest BCUT2D eigenvalue weighted by atomic mass is 9.70. The van der Waals surface area contributed by atoms with E-state index in [4.69, 9.17) is 31.0 Å². The third-order valence-corrected chi connectivity index (χ3v) is 11.8. The van der Waals surface area contributed by atoms with Crippen molar-refractivity contribution >= 4 is 69.4 Å². The fourth-order valence-electron chi connectivity index (χ4n) is 8.74. The number of alkyl halides is 3. The highest BCUT2D eigenvalue weighted by Gasteiger charge is 2.48. The summed E-state index contributed by atoms with van der Waals surface area (Å²) in [5, 5.41) is 20.9. The highest BCUT2D eigenvalue weighted by molar-refractivity contribution is 6.30. The Morgan fingerprint density at radius 2 is 1.80 bits per heavy atom. The van der Waals surface area contributed by atoms with Gasteiger partial charge in [0.2, 0.25) is 11.9 Å². The Balaban J connectivity index is 1.00. The molecular formula is C45H40ClF3N8O4. The molecule has 0 saturated heterocycles. The third kappa shape index (κ3) is 8.13. The van der Waals surface area contributed by atoms with Crippen LogP contribution < -0.4 is 16.0 Å². The summed E-state index contributed by atoms with van der Waals surface area (Å²) in [6, 6.07) is 17.5. The Bertz CT molecular complexity index is 2660. The molecule has 5 atom stereocenters. The third-order valence-electron chi connectivity index (χ3n) is 11.6. The number of anilines is 2. The van der Waals surface area contributed by atoms with Gasteiger partial charge in [-0.1, -0.05) is 61.0 Å². The van der Waals surface area contributed by atoms with Crippen molar-refractivity contribution in [1.29, 1.82) is 0 Å². The lowest BCUT2D eigenvalue weighted by Crippen LogP contribution is -2.45. The van der Waals surface area contributed by atoms with E-state index < -0.39 is 35.7 Å². The van der Waals surface area contributed by atoms with Gasteiger partial charge in [0.25, 0.3) is 0 Å². The molecule has 2 aliphatic heterocycles. The van der Waals surface area contributed by atoms with E-state index in [2.05, 4.69) is 25.9 Å². The van der Waals surface area contributed by atoms with Crippen molar-refractivity contribution in [3.8, 4) is 5.75 Å². The van der Waals surface area contributed by atoms with Crippen molar-refractivity contribution in [2.75, 3.05) is 10.6 Å². The van der Waals surface area contributed by atoms with Crippen molar-refractivity contribution in [3.63, 3.8) is 0 Å². The number of hydrogen-bond donors (Lipinski definition) is 4. The Hall–Kier alpha value is -6.35. The van der Waals surface area contributed by atoms with Crippen LogP contribution in [0.4, 0.5) is 24.9 Å². The van der Waals surface area contributed by atoms with Crippen LogP contribution in [0.1, 0.15) is 75.5 Å². The first-order chi connectivity index (χ1) is 29.3. The van der Waals surface area contributed by atoms with Crippen LogP contribution in [0.3, 0.4) is 0 Å². The number of halogens is 4. The number of aromatic nitrogens is 1. The second-order valence-corrected chi connectivity index (χ2v) is 16.3. The number of phenols is 1. The topological polar surface area (TPSA) is 166 Å². The van der Waals surface area contributed by atoms with Gasteiger partial charge < -0.3 is 20.2 Å². The Kier molecular flexibility index (Phi) is 10.5. The molecule has 0 amide bonds. The summed E-state index contributed by atoms with van der Waals surface area (Å²) in [5.41, 5.74) is 3.79. The molecule has 0 spiro atoms. The molecule has 1 fully saturated rings. The summed E-state index contributed by atoms with van der Waals surface area (Å²) < 4.78 is 49.4. The monoisotopic (exact) mass is 848 g/mol. The van der Waals surface area contributed by atoms with Gasteiger partial charge in [-0.05, 0) is 97.5 Å². The molecule has 61 heavy (non-hydrogen) atoms. The summed E-state index contributed by atoms with van der Waals surface area (Å²) in [6.45, 7) is 3.54. The van der Waals surface area contributed by atoms with Crippen LogP contribution >= 0.6 is 11.6 Å². The zero-order valence-corrected chi connectivity index (χ0v) is 33.8. The van der Waals surface area contributed by atoms with Crippen LogP contribution in [-0.4, -0.2) is 57.3 Å². The average molecular weight is 849 g/mol. The van der Waals surface area contributed by atoms with Gasteiger partial charge in [-0.25, -0.2) is 20.0 Å². The number of aromatic hydroxyl groups is 1. The Morgan fingerprint density at radius 1 is 1.02 bits per heavy atom. The molecular weight excluding hydrogens is 809 g/mol. The van der Waals surface area contributed by atoms with E-state index in [-0.39, 0.29) is 66.0 Å². The van der Waals surface area contributed by atoms with Gasteiger partial charge in [0.1, 0.15) is 28.9 Å². The molecule has 4 aromatic rings. The predicted octanol–water partition coefficient (Wildman–Crippen LogP) is 9.53.